The predicted octanol–water partition coefficient (Wildman–Crippen LogP) is 8.48. The molecule has 0 fully saturated rings. The minimum absolute atomic E-state index is 0.00882. The molecule has 2 heterocycles. The number of pyridine rings is 1. The zero-order valence-electron chi connectivity index (χ0n) is 35.4. The number of hydrogen-bond acceptors (Lipinski definition) is 17. The lowest BCUT2D eigenvalue weighted by molar-refractivity contribution is -0.385. The van der Waals surface area contributed by atoms with Gasteiger partial charge in [0.1, 0.15) is 39.0 Å². The van der Waals surface area contributed by atoms with E-state index in [1.165, 1.54) is 32.2 Å². The number of amides is 2. The summed E-state index contributed by atoms with van der Waals surface area (Å²) in [5, 5.41) is 22.8. The van der Waals surface area contributed by atoms with Gasteiger partial charge in [-0.2, -0.15) is 28.1 Å². The minimum Gasteiger partial charge on any atom is -0.480 e. The van der Waals surface area contributed by atoms with Crippen molar-refractivity contribution in [2.24, 2.45) is 0 Å². The van der Waals surface area contributed by atoms with Crippen LogP contribution >= 0.6 is 34.8 Å². The average Bonchev–Trinajstić information content (AvgIpc) is 3.28. The van der Waals surface area contributed by atoms with Crippen molar-refractivity contribution in [2.45, 2.75) is 24.9 Å². The molecule has 0 atom stereocenters. The lowest BCUT2D eigenvalue weighted by Gasteiger charge is -2.12. The number of anilines is 1. The molecule has 0 saturated heterocycles. The summed E-state index contributed by atoms with van der Waals surface area (Å²) in [4.78, 5) is 71.4. The van der Waals surface area contributed by atoms with E-state index in [1.54, 1.807) is 43.5 Å². The van der Waals surface area contributed by atoms with E-state index in [9.17, 15) is 50.9 Å². The highest BCUT2D eigenvalue weighted by molar-refractivity contribution is 7.90. The third kappa shape index (κ3) is 16.0. The Bertz CT molecular complexity index is 2990. The summed E-state index contributed by atoms with van der Waals surface area (Å²) in [6.45, 7) is 1.99. The third-order valence-electron chi connectivity index (χ3n) is 8.02. The highest BCUT2D eigenvalue weighted by Gasteiger charge is 2.31. The summed E-state index contributed by atoms with van der Waals surface area (Å²) < 4.78 is 88.8. The quantitative estimate of drug-likeness (QED) is 0.0523. The molecule has 364 valence electrons. The molecule has 69 heavy (non-hydrogen) atoms. The van der Waals surface area contributed by atoms with Crippen molar-refractivity contribution in [1.82, 2.24) is 24.7 Å². The molecule has 6 rings (SSSR count). The van der Waals surface area contributed by atoms with Crippen LogP contribution in [0.4, 0.5) is 29.6 Å². The van der Waals surface area contributed by atoms with Gasteiger partial charge in [-0.15, -0.1) is 0 Å². The Kier molecular flexibility index (Phi) is 19.1. The number of ether oxygens (including phenoxy) is 5. The molecule has 2 amide bonds. The van der Waals surface area contributed by atoms with E-state index >= 15 is 0 Å². The number of halogens is 6. The standard InChI is InChI=1S/C18H13ClF3NO7.C12H12ClN5O4S.C11H8ClNO3/c1-2-28-16(24)9-29-17(25)12-8-11(4-5-14(12)23(26)27)30-15-6-3-10(7-13(15)19)18(20,21)22;1-7-14-10(17-12(15-7)22-2)16-11(19)18-23(20,21)9-6-4-3-5-8(9)13;12-8-3-4-9(16-6-10(14)15)11-7(8)2-1-5-13-11/h3-8H,2,9H2,1H3;3-6H,1-2H3,(H2,14,15,16,17,18,19);1-5H,6H2,(H,14,15). The number of fused-ring (bicyclic) bond motifs is 1. The number of benzene rings is 4. The summed E-state index contributed by atoms with van der Waals surface area (Å²) in [5.74, 6) is -2.82. The smallest absolute Gasteiger partial charge is 0.416 e. The van der Waals surface area contributed by atoms with Crippen LogP contribution < -0.4 is 24.2 Å². The number of aryl methyl sites for hydroxylation is 1. The van der Waals surface area contributed by atoms with Crippen molar-refractivity contribution in [2.75, 3.05) is 32.2 Å². The molecule has 4 aromatic carbocycles. The maximum atomic E-state index is 12.7. The van der Waals surface area contributed by atoms with Crippen LogP contribution in [0.5, 0.6) is 23.3 Å². The number of nitrogens with zero attached hydrogens (tertiary/aromatic N) is 5. The van der Waals surface area contributed by atoms with Crippen molar-refractivity contribution in [3.05, 3.63) is 133 Å². The zero-order valence-corrected chi connectivity index (χ0v) is 38.5. The molecule has 6 aromatic rings. The first kappa shape index (κ1) is 54.0. The molecule has 0 spiro atoms. The number of carbonyl (C=O) groups is 4. The first-order chi connectivity index (χ1) is 32.5. The van der Waals surface area contributed by atoms with Gasteiger partial charge in [0.15, 0.2) is 13.2 Å². The molecule has 0 saturated carbocycles. The van der Waals surface area contributed by atoms with E-state index in [4.69, 9.17) is 58.9 Å². The fraction of sp³-hybridized carbons (Fsp3) is 0.171. The molecule has 0 bridgehead atoms. The van der Waals surface area contributed by atoms with Crippen molar-refractivity contribution in [3.8, 4) is 23.3 Å². The van der Waals surface area contributed by atoms with Gasteiger partial charge in [0, 0.05) is 23.7 Å². The highest BCUT2D eigenvalue weighted by Crippen LogP contribution is 2.37. The summed E-state index contributed by atoms with van der Waals surface area (Å²) in [7, 11) is -2.78. The molecule has 0 radical (unpaired) electrons. The predicted molar refractivity (Wildman–Crippen MR) is 238 cm³/mol. The van der Waals surface area contributed by atoms with E-state index < -0.39 is 75.1 Å². The molecule has 0 aliphatic carbocycles. The normalized spacial score (nSPS) is 10.8. The Balaban J connectivity index is 0.000000236. The SMILES string of the molecule is CCOC(=O)COC(=O)c1cc(Oc2ccc(C(F)(F)F)cc2Cl)ccc1[N+](=O)[O-].COc1nc(C)nc(NC(=O)NS(=O)(=O)c2ccccc2Cl)n1.O=C(O)COc1ccc(Cl)c2cccnc12. The number of aliphatic carboxylic acids is 1. The number of methoxy groups -OCH3 is 1. The van der Waals surface area contributed by atoms with Gasteiger partial charge in [-0.3, -0.25) is 20.4 Å². The zero-order chi connectivity index (χ0) is 51.1. The number of nitro benzene ring substituents is 1. The van der Waals surface area contributed by atoms with Gasteiger partial charge in [-0.1, -0.05) is 46.9 Å². The molecule has 2 aromatic heterocycles. The number of carboxylic acids is 1. The third-order valence-corrected chi connectivity index (χ3v) is 10.5. The molecule has 0 aliphatic heterocycles. The number of urea groups is 1. The number of carboxylic acid groups (broad SMARTS) is 1. The van der Waals surface area contributed by atoms with Crippen molar-refractivity contribution in [1.29, 1.82) is 0 Å². The largest absolute Gasteiger partial charge is 0.480 e. The molecular weight excluding hydrogens is 1010 g/mol. The van der Waals surface area contributed by atoms with E-state index in [1.807, 2.05) is 4.72 Å². The number of nitro groups is 1. The number of alkyl halides is 3. The fourth-order valence-corrected chi connectivity index (χ4v) is 6.99. The van der Waals surface area contributed by atoms with Crippen LogP contribution in [0, 0.1) is 17.0 Å². The maximum Gasteiger partial charge on any atom is 0.416 e. The lowest BCUT2D eigenvalue weighted by atomic mass is 10.1. The first-order valence-corrected chi connectivity index (χ1v) is 21.5. The molecule has 0 aliphatic rings. The van der Waals surface area contributed by atoms with Crippen LogP contribution in [0.3, 0.4) is 0 Å². The van der Waals surface area contributed by atoms with Gasteiger partial charge in [-0.25, -0.2) is 32.3 Å². The van der Waals surface area contributed by atoms with Crippen molar-refractivity contribution >= 4 is 91.3 Å². The van der Waals surface area contributed by atoms with E-state index in [0.29, 0.717) is 28.2 Å². The van der Waals surface area contributed by atoms with E-state index in [0.717, 1.165) is 35.7 Å². The van der Waals surface area contributed by atoms with Gasteiger partial charge in [0.2, 0.25) is 5.95 Å². The second kappa shape index (κ2) is 24.4. The monoisotopic (exact) mass is 1040 g/mol. The second-order valence-corrected chi connectivity index (χ2v) is 15.7. The molecule has 0 unspecified atom stereocenters. The first-order valence-electron chi connectivity index (χ1n) is 18.9. The summed E-state index contributed by atoms with van der Waals surface area (Å²) in [6, 6.07) is 16.9. The Hall–Kier alpha value is -7.61. The van der Waals surface area contributed by atoms with Crippen LogP contribution in [0.1, 0.15) is 28.7 Å². The number of esters is 2. The highest BCUT2D eigenvalue weighted by atomic mass is 35.5. The van der Waals surface area contributed by atoms with E-state index in [-0.39, 0.29) is 45.0 Å². The summed E-state index contributed by atoms with van der Waals surface area (Å²) >= 11 is 17.6. The van der Waals surface area contributed by atoms with Gasteiger partial charge >= 0.3 is 36.1 Å². The number of aromatic nitrogens is 4. The average molecular weight is 1040 g/mol. The van der Waals surface area contributed by atoms with Crippen LogP contribution in [-0.4, -0.2) is 89.3 Å². The number of nitrogens with one attached hydrogen (secondary N) is 2. The number of rotatable bonds is 14. The van der Waals surface area contributed by atoms with E-state index in [2.05, 4.69) is 30.0 Å². The Morgan fingerprint density at radius 3 is 2.20 bits per heavy atom. The number of carbonyl (C=O) groups excluding carboxylic acids is 3. The molecule has 28 heteroatoms. The maximum absolute atomic E-state index is 12.7. The van der Waals surface area contributed by atoms with Gasteiger partial charge in [-0.05, 0) is 74.5 Å². The number of hydrogen-bond donors (Lipinski definition) is 3. The topological polar surface area (TPSA) is 288 Å². The summed E-state index contributed by atoms with van der Waals surface area (Å²) in [6.07, 6.45) is -3.00. The Labute approximate surface area is 402 Å². The van der Waals surface area contributed by atoms with Crippen LogP contribution in [-0.2, 0) is 35.3 Å². The van der Waals surface area contributed by atoms with Crippen LogP contribution in [0.25, 0.3) is 10.9 Å². The molecular formula is C41H33Cl3F3N7O14S. The minimum atomic E-state index is -4.61. The fourth-order valence-electron chi connectivity index (χ4n) is 5.13. The van der Waals surface area contributed by atoms with Gasteiger partial charge in [0.25, 0.3) is 15.7 Å². The van der Waals surface area contributed by atoms with Crippen molar-refractivity contribution < 1.29 is 74.5 Å². The lowest BCUT2D eigenvalue weighted by Crippen LogP contribution is -2.35. The van der Waals surface area contributed by atoms with Crippen molar-refractivity contribution in [3.63, 3.8) is 0 Å². The number of sulfonamides is 1. The van der Waals surface area contributed by atoms with Gasteiger partial charge in [0.05, 0.1) is 39.3 Å². The molecule has 3 N–H and O–H groups in total. The molecule has 21 nitrogen and oxygen atoms in total. The van der Waals surface area contributed by atoms with Crippen LogP contribution in [0.15, 0.2) is 96.0 Å². The second-order valence-electron chi connectivity index (χ2n) is 12.9. The Morgan fingerprint density at radius 2 is 1.57 bits per heavy atom. The van der Waals surface area contributed by atoms with Gasteiger partial charge < -0.3 is 28.8 Å². The Morgan fingerprint density at radius 1 is 0.855 bits per heavy atom. The van der Waals surface area contributed by atoms with Crippen LogP contribution in [0.2, 0.25) is 15.1 Å². The summed E-state index contributed by atoms with van der Waals surface area (Å²) in [5.41, 5.74) is -1.59.